The number of halogens is 1. The Kier molecular flexibility index (Phi) is 6.31. The first-order valence-electron chi connectivity index (χ1n) is 5.74. The van der Waals surface area contributed by atoms with E-state index in [1.165, 1.54) is 18.0 Å². The largest absolute Gasteiger partial charge is 0.465 e. The molecule has 1 aromatic rings. The van der Waals surface area contributed by atoms with Gasteiger partial charge in [-0.2, -0.15) is 5.10 Å². The molecule has 0 atom stereocenters. The molecule has 0 aromatic carbocycles. The number of carbonyl (C=O) groups excluding carboxylic acids is 1. The van der Waals surface area contributed by atoms with Crippen LogP contribution in [0.15, 0.2) is 11.0 Å². The number of nitrogens with one attached hydrogen (secondary N) is 1. The molecule has 1 aromatic heterocycles. The van der Waals surface area contributed by atoms with Crippen molar-refractivity contribution < 1.29 is 14.3 Å². The van der Waals surface area contributed by atoms with E-state index in [4.69, 9.17) is 21.1 Å². The summed E-state index contributed by atoms with van der Waals surface area (Å²) < 4.78 is 10.8. The lowest BCUT2D eigenvalue weighted by Gasteiger charge is -2.09. The SMILES string of the molecule is CCOC(=O)CNc1cnn(CCOC)c(=O)c1Cl. The van der Waals surface area contributed by atoms with E-state index in [0.29, 0.717) is 25.4 Å². The fourth-order valence-corrected chi connectivity index (χ4v) is 1.52. The highest BCUT2D eigenvalue weighted by molar-refractivity contribution is 6.32. The van der Waals surface area contributed by atoms with Gasteiger partial charge in [0.25, 0.3) is 5.56 Å². The van der Waals surface area contributed by atoms with E-state index in [2.05, 4.69) is 10.4 Å². The molecule has 0 fully saturated rings. The maximum absolute atomic E-state index is 11.8. The first-order chi connectivity index (χ1) is 9.10. The standard InChI is InChI=1S/C11H16ClN3O4/c1-3-19-9(16)7-13-8-6-14-15(4-5-18-2)11(17)10(8)12/h6,13H,3-5,7H2,1-2H3. The lowest BCUT2D eigenvalue weighted by atomic mass is 10.4. The van der Waals surface area contributed by atoms with Crippen LogP contribution in [-0.2, 0) is 20.8 Å². The molecule has 0 bridgehead atoms. The van der Waals surface area contributed by atoms with Gasteiger partial charge in [0.1, 0.15) is 11.6 Å². The molecular formula is C11H16ClN3O4. The molecule has 0 radical (unpaired) electrons. The Morgan fingerprint density at radius 1 is 1.58 bits per heavy atom. The van der Waals surface area contributed by atoms with Gasteiger partial charge in [-0.1, -0.05) is 11.6 Å². The predicted molar refractivity (Wildman–Crippen MR) is 70.5 cm³/mol. The number of anilines is 1. The van der Waals surface area contributed by atoms with Crippen molar-refractivity contribution in [3.63, 3.8) is 0 Å². The van der Waals surface area contributed by atoms with Crippen molar-refractivity contribution in [3.05, 3.63) is 21.6 Å². The second kappa shape index (κ2) is 7.75. The highest BCUT2D eigenvalue weighted by atomic mass is 35.5. The van der Waals surface area contributed by atoms with Crippen LogP contribution >= 0.6 is 11.6 Å². The molecule has 19 heavy (non-hydrogen) atoms. The molecule has 0 aliphatic carbocycles. The fourth-order valence-electron chi connectivity index (χ4n) is 1.30. The molecule has 7 nitrogen and oxygen atoms in total. The van der Waals surface area contributed by atoms with Crippen molar-refractivity contribution >= 4 is 23.3 Å². The minimum atomic E-state index is -0.437. The summed E-state index contributed by atoms with van der Waals surface area (Å²) in [6.45, 7) is 2.61. The van der Waals surface area contributed by atoms with Crippen LogP contribution < -0.4 is 10.9 Å². The predicted octanol–water partition coefficient (Wildman–Crippen LogP) is 0.518. The topological polar surface area (TPSA) is 82.4 Å². The van der Waals surface area contributed by atoms with Crippen LogP contribution in [0.3, 0.4) is 0 Å². The average molecular weight is 290 g/mol. The van der Waals surface area contributed by atoms with Crippen molar-refractivity contribution in [2.45, 2.75) is 13.5 Å². The summed E-state index contributed by atoms with van der Waals surface area (Å²) in [6, 6.07) is 0. The summed E-state index contributed by atoms with van der Waals surface area (Å²) in [7, 11) is 1.53. The van der Waals surface area contributed by atoms with Gasteiger partial charge in [0.2, 0.25) is 0 Å². The zero-order valence-electron chi connectivity index (χ0n) is 10.8. The van der Waals surface area contributed by atoms with Gasteiger partial charge in [-0.25, -0.2) is 4.68 Å². The van der Waals surface area contributed by atoms with Crippen LogP contribution in [0.4, 0.5) is 5.69 Å². The zero-order valence-corrected chi connectivity index (χ0v) is 11.6. The molecule has 0 aliphatic heterocycles. The molecule has 0 saturated heterocycles. The molecule has 0 unspecified atom stereocenters. The third-order valence-electron chi connectivity index (χ3n) is 2.22. The number of carbonyl (C=O) groups is 1. The van der Waals surface area contributed by atoms with Gasteiger partial charge in [0, 0.05) is 7.11 Å². The highest BCUT2D eigenvalue weighted by Gasteiger charge is 2.10. The lowest BCUT2D eigenvalue weighted by molar-refractivity contribution is -0.140. The van der Waals surface area contributed by atoms with Crippen LogP contribution in [0.25, 0.3) is 0 Å². The summed E-state index contributed by atoms with van der Waals surface area (Å²) >= 11 is 5.91. The Labute approximate surface area is 115 Å². The third-order valence-corrected chi connectivity index (χ3v) is 2.59. The zero-order chi connectivity index (χ0) is 14.3. The molecule has 0 aliphatic rings. The first kappa shape index (κ1) is 15.5. The summed E-state index contributed by atoms with van der Waals surface area (Å²) in [5.74, 6) is -0.429. The summed E-state index contributed by atoms with van der Waals surface area (Å²) in [5.41, 5.74) is -0.138. The summed E-state index contributed by atoms with van der Waals surface area (Å²) in [4.78, 5) is 23.0. The Balaban J connectivity index is 2.73. The number of ether oxygens (including phenoxy) is 2. The van der Waals surface area contributed by atoms with Gasteiger partial charge >= 0.3 is 5.97 Å². The maximum atomic E-state index is 11.8. The van der Waals surface area contributed by atoms with Gasteiger partial charge in [0.15, 0.2) is 0 Å². The van der Waals surface area contributed by atoms with Crippen molar-refractivity contribution in [1.29, 1.82) is 0 Å². The lowest BCUT2D eigenvalue weighted by Crippen LogP contribution is -2.27. The molecule has 1 rings (SSSR count). The van der Waals surface area contributed by atoms with Crippen molar-refractivity contribution in [3.8, 4) is 0 Å². The quantitative estimate of drug-likeness (QED) is 0.737. The van der Waals surface area contributed by atoms with E-state index in [9.17, 15) is 9.59 Å². The first-order valence-corrected chi connectivity index (χ1v) is 6.12. The summed E-state index contributed by atoms with van der Waals surface area (Å²) in [5, 5.41) is 6.62. The number of rotatable bonds is 7. The second-order valence-electron chi connectivity index (χ2n) is 3.55. The molecular weight excluding hydrogens is 274 g/mol. The molecule has 0 saturated carbocycles. The van der Waals surface area contributed by atoms with E-state index in [-0.39, 0.29) is 11.6 Å². The highest BCUT2D eigenvalue weighted by Crippen LogP contribution is 2.14. The number of nitrogens with zero attached hydrogens (tertiary/aromatic N) is 2. The van der Waals surface area contributed by atoms with E-state index in [0.717, 1.165) is 0 Å². The Hall–Kier alpha value is -1.60. The van der Waals surface area contributed by atoms with E-state index < -0.39 is 11.5 Å². The number of esters is 1. The smallest absolute Gasteiger partial charge is 0.325 e. The monoisotopic (exact) mass is 289 g/mol. The van der Waals surface area contributed by atoms with E-state index in [1.54, 1.807) is 6.92 Å². The van der Waals surface area contributed by atoms with Gasteiger partial charge in [-0.15, -0.1) is 0 Å². The fraction of sp³-hybridized carbons (Fsp3) is 0.545. The molecule has 0 amide bonds. The Morgan fingerprint density at radius 2 is 2.32 bits per heavy atom. The Morgan fingerprint density at radius 3 is 2.95 bits per heavy atom. The molecule has 8 heteroatoms. The van der Waals surface area contributed by atoms with Crippen LogP contribution in [0, 0.1) is 0 Å². The van der Waals surface area contributed by atoms with Crippen LogP contribution in [-0.4, -0.2) is 42.6 Å². The van der Waals surface area contributed by atoms with E-state index in [1.807, 2.05) is 0 Å². The average Bonchev–Trinajstić information content (AvgIpc) is 2.40. The van der Waals surface area contributed by atoms with Crippen LogP contribution in [0.2, 0.25) is 5.02 Å². The van der Waals surface area contributed by atoms with Gasteiger partial charge < -0.3 is 14.8 Å². The minimum absolute atomic E-state index is 0.0181. The minimum Gasteiger partial charge on any atom is -0.465 e. The third kappa shape index (κ3) is 4.53. The van der Waals surface area contributed by atoms with Crippen molar-refractivity contribution in [2.75, 3.05) is 32.2 Å². The van der Waals surface area contributed by atoms with Gasteiger partial charge in [0.05, 0.1) is 31.6 Å². The van der Waals surface area contributed by atoms with E-state index >= 15 is 0 Å². The number of aromatic nitrogens is 2. The molecule has 0 spiro atoms. The number of methoxy groups -OCH3 is 1. The van der Waals surface area contributed by atoms with Crippen molar-refractivity contribution in [1.82, 2.24) is 9.78 Å². The Bertz CT molecular complexity index is 489. The molecule has 106 valence electrons. The number of hydrogen-bond acceptors (Lipinski definition) is 6. The van der Waals surface area contributed by atoms with Crippen LogP contribution in [0.1, 0.15) is 6.92 Å². The molecule has 1 N–H and O–H groups in total. The van der Waals surface area contributed by atoms with Crippen molar-refractivity contribution in [2.24, 2.45) is 0 Å². The normalized spacial score (nSPS) is 10.3. The molecule has 1 heterocycles. The summed E-state index contributed by atoms with van der Waals surface area (Å²) in [6.07, 6.45) is 1.39. The number of hydrogen-bond donors (Lipinski definition) is 1. The maximum Gasteiger partial charge on any atom is 0.325 e. The second-order valence-corrected chi connectivity index (χ2v) is 3.93. The van der Waals surface area contributed by atoms with Gasteiger partial charge in [-0.05, 0) is 6.92 Å². The van der Waals surface area contributed by atoms with Crippen LogP contribution in [0.5, 0.6) is 0 Å². The van der Waals surface area contributed by atoms with Gasteiger partial charge in [-0.3, -0.25) is 9.59 Å².